The van der Waals surface area contributed by atoms with Crippen LogP contribution >= 0.6 is 11.6 Å². The molecule has 1 unspecified atom stereocenters. The second-order valence-corrected chi connectivity index (χ2v) is 3.18. The molecule has 0 radical (unpaired) electrons. The standard InChI is InChI=1S/C10H13ClN2O/c1-2-3-4-5-9(13-12)8-6-7-14-10(8)11/h6-7,9,13H,4-5,12H2,1H3. The van der Waals surface area contributed by atoms with Gasteiger partial charge in [0.05, 0.1) is 12.3 Å². The summed E-state index contributed by atoms with van der Waals surface area (Å²) in [6.45, 7) is 1.82. The molecule has 3 nitrogen and oxygen atoms in total. The molecule has 0 amide bonds. The summed E-state index contributed by atoms with van der Waals surface area (Å²) >= 11 is 5.83. The van der Waals surface area contributed by atoms with Crippen LogP contribution in [-0.2, 0) is 0 Å². The molecule has 0 bridgehead atoms. The number of halogens is 1. The highest BCUT2D eigenvalue weighted by Crippen LogP contribution is 2.26. The smallest absolute Gasteiger partial charge is 0.197 e. The lowest BCUT2D eigenvalue weighted by Crippen LogP contribution is -2.27. The van der Waals surface area contributed by atoms with Gasteiger partial charge in [-0.1, -0.05) is 0 Å². The van der Waals surface area contributed by atoms with Gasteiger partial charge in [0.1, 0.15) is 0 Å². The molecule has 1 aromatic rings. The first-order valence-electron chi connectivity index (χ1n) is 4.38. The van der Waals surface area contributed by atoms with Crippen molar-refractivity contribution in [2.24, 2.45) is 5.84 Å². The highest BCUT2D eigenvalue weighted by atomic mass is 35.5. The molecule has 0 fully saturated rings. The third-order valence-corrected chi connectivity index (χ3v) is 2.26. The molecule has 1 aromatic heterocycles. The number of rotatable bonds is 4. The summed E-state index contributed by atoms with van der Waals surface area (Å²) in [6.07, 6.45) is 3.15. The molecule has 0 aliphatic carbocycles. The number of furan rings is 1. The van der Waals surface area contributed by atoms with Crippen LogP contribution in [0.5, 0.6) is 0 Å². The van der Waals surface area contributed by atoms with Gasteiger partial charge in [0.2, 0.25) is 0 Å². The summed E-state index contributed by atoms with van der Waals surface area (Å²) in [5.74, 6) is 11.2. The van der Waals surface area contributed by atoms with E-state index in [1.807, 2.05) is 13.0 Å². The van der Waals surface area contributed by atoms with Crippen LogP contribution in [0.2, 0.25) is 5.22 Å². The molecule has 76 valence electrons. The number of nitrogens with one attached hydrogen (secondary N) is 1. The van der Waals surface area contributed by atoms with Crippen molar-refractivity contribution in [3.05, 3.63) is 23.1 Å². The zero-order valence-electron chi connectivity index (χ0n) is 8.01. The zero-order valence-corrected chi connectivity index (χ0v) is 8.77. The molecule has 0 aliphatic heterocycles. The number of nitrogens with two attached hydrogens (primary N) is 1. The van der Waals surface area contributed by atoms with E-state index in [9.17, 15) is 0 Å². The maximum absolute atomic E-state index is 5.83. The number of hydrogen-bond donors (Lipinski definition) is 2. The van der Waals surface area contributed by atoms with Gasteiger partial charge >= 0.3 is 0 Å². The molecule has 0 saturated carbocycles. The van der Waals surface area contributed by atoms with Gasteiger partial charge < -0.3 is 4.42 Å². The van der Waals surface area contributed by atoms with E-state index in [1.54, 1.807) is 6.26 Å². The van der Waals surface area contributed by atoms with Crippen LogP contribution in [0.3, 0.4) is 0 Å². The lowest BCUT2D eigenvalue weighted by atomic mass is 10.1. The highest BCUT2D eigenvalue weighted by Gasteiger charge is 2.14. The molecule has 3 N–H and O–H groups in total. The number of hydrogen-bond acceptors (Lipinski definition) is 3. The molecular weight excluding hydrogens is 200 g/mol. The Balaban J connectivity index is 2.61. The Bertz CT molecular complexity index is 337. The molecule has 1 atom stereocenters. The Morgan fingerprint density at radius 3 is 3.00 bits per heavy atom. The average Bonchev–Trinajstić information content (AvgIpc) is 2.60. The Morgan fingerprint density at radius 1 is 1.71 bits per heavy atom. The first-order chi connectivity index (χ1) is 6.79. The lowest BCUT2D eigenvalue weighted by Gasteiger charge is -2.12. The molecular formula is C10H13ClN2O. The van der Waals surface area contributed by atoms with Gasteiger partial charge in [-0.05, 0) is 31.0 Å². The van der Waals surface area contributed by atoms with Gasteiger partial charge in [-0.25, -0.2) is 0 Å². The van der Waals surface area contributed by atoms with E-state index < -0.39 is 0 Å². The topological polar surface area (TPSA) is 51.2 Å². The highest BCUT2D eigenvalue weighted by molar-refractivity contribution is 6.29. The maximum Gasteiger partial charge on any atom is 0.197 e. The van der Waals surface area contributed by atoms with Crippen LogP contribution in [-0.4, -0.2) is 0 Å². The summed E-state index contributed by atoms with van der Waals surface area (Å²) in [6, 6.07) is 1.81. The van der Waals surface area contributed by atoms with Gasteiger partial charge in [-0.2, -0.15) is 0 Å². The van der Waals surface area contributed by atoms with Crippen molar-refractivity contribution in [2.75, 3.05) is 0 Å². The van der Waals surface area contributed by atoms with Crippen LogP contribution in [0, 0.1) is 11.8 Å². The van der Waals surface area contributed by atoms with Crippen molar-refractivity contribution in [1.29, 1.82) is 0 Å². The van der Waals surface area contributed by atoms with E-state index in [2.05, 4.69) is 17.3 Å². The van der Waals surface area contributed by atoms with E-state index in [-0.39, 0.29) is 6.04 Å². The van der Waals surface area contributed by atoms with E-state index in [1.165, 1.54) is 0 Å². The maximum atomic E-state index is 5.83. The minimum absolute atomic E-state index is 0.00194. The van der Waals surface area contributed by atoms with E-state index in [4.69, 9.17) is 21.9 Å². The lowest BCUT2D eigenvalue weighted by molar-refractivity contribution is 0.508. The van der Waals surface area contributed by atoms with Crippen LogP contribution in [0.25, 0.3) is 0 Å². The number of hydrazine groups is 1. The quantitative estimate of drug-likeness (QED) is 0.457. The molecule has 14 heavy (non-hydrogen) atoms. The molecule has 0 aliphatic rings. The second kappa shape index (κ2) is 5.71. The summed E-state index contributed by atoms with van der Waals surface area (Å²) in [4.78, 5) is 0. The summed E-state index contributed by atoms with van der Waals surface area (Å²) in [7, 11) is 0. The Morgan fingerprint density at radius 2 is 2.50 bits per heavy atom. The van der Waals surface area contributed by atoms with E-state index in [0.717, 1.165) is 18.4 Å². The van der Waals surface area contributed by atoms with Crippen molar-refractivity contribution < 1.29 is 4.42 Å². The normalized spacial score (nSPS) is 11.9. The third kappa shape index (κ3) is 2.78. The fourth-order valence-corrected chi connectivity index (χ4v) is 1.47. The largest absolute Gasteiger partial charge is 0.453 e. The minimum atomic E-state index is 0.00194. The van der Waals surface area contributed by atoms with E-state index >= 15 is 0 Å². The second-order valence-electron chi connectivity index (χ2n) is 2.83. The molecule has 0 saturated heterocycles. The fraction of sp³-hybridized carbons (Fsp3) is 0.400. The molecule has 0 spiro atoms. The zero-order chi connectivity index (χ0) is 10.4. The van der Waals surface area contributed by atoms with Gasteiger partial charge in [0, 0.05) is 12.0 Å². The monoisotopic (exact) mass is 212 g/mol. The predicted octanol–water partition coefficient (Wildman–Crippen LogP) is 2.24. The van der Waals surface area contributed by atoms with Crippen LogP contribution < -0.4 is 11.3 Å². The fourth-order valence-electron chi connectivity index (χ4n) is 1.22. The predicted molar refractivity (Wildman–Crippen MR) is 56.5 cm³/mol. The van der Waals surface area contributed by atoms with Crippen molar-refractivity contribution >= 4 is 11.6 Å². The first-order valence-corrected chi connectivity index (χ1v) is 4.76. The Kier molecular flexibility index (Phi) is 4.54. The summed E-state index contributed by atoms with van der Waals surface area (Å²) in [5, 5.41) is 0.386. The van der Waals surface area contributed by atoms with Crippen LogP contribution in [0.1, 0.15) is 31.4 Å². The van der Waals surface area contributed by atoms with Gasteiger partial charge in [-0.3, -0.25) is 11.3 Å². The first kappa shape index (κ1) is 11.1. The SMILES string of the molecule is CC#CCCC(NN)c1ccoc1Cl. The molecule has 4 heteroatoms. The van der Waals surface area contributed by atoms with Gasteiger partial charge in [0.15, 0.2) is 5.22 Å². The Labute approximate surface area is 88.6 Å². The Hall–Kier alpha value is -0.950. The third-order valence-electron chi connectivity index (χ3n) is 1.96. The van der Waals surface area contributed by atoms with Crippen LogP contribution in [0.4, 0.5) is 0 Å². The average molecular weight is 213 g/mol. The minimum Gasteiger partial charge on any atom is -0.453 e. The van der Waals surface area contributed by atoms with E-state index in [0.29, 0.717) is 5.22 Å². The van der Waals surface area contributed by atoms with Crippen molar-refractivity contribution in [2.45, 2.75) is 25.8 Å². The van der Waals surface area contributed by atoms with Crippen LogP contribution in [0.15, 0.2) is 16.7 Å². The van der Waals surface area contributed by atoms with Crippen molar-refractivity contribution in [3.8, 4) is 11.8 Å². The van der Waals surface area contributed by atoms with Crippen molar-refractivity contribution in [3.63, 3.8) is 0 Å². The molecule has 1 rings (SSSR count). The summed E-state index contributed by atoms with van der Waals surface area (Å²) < 4.78 is 4.99. The molecule has 1 heterocycles. The molecule has 0 aromatic carbocycles. The van der Waals surface area contributed by atoms with Gasteiger partial charge in [-0.15, -0.1) is 11.8 Å². The van der Waals surface area contributed by atoms with Gasteiger partial charge in [0.25, 0.3) is 0 Å². The van der Waals surface area contributed by atoms with Crippen molar-refractivity contribution in [1.82, 2.24) is 5.43 Å². The summed E-state index contributed by atoms with van der Waals surface area (Å²) in [5.41, 5.74) is 3.57.